The van der Waals surface area contributed by atoms with E-state index in [2.05, 4.69) is 48.3 Å². The summed E-state index contributed by atoms with van der Waals surface area (Å²) < 4.78 is 0. The Morgan fingerprint density at radius 2 is 1.70 bits per heavy atom. The monoisotopic (exact) mass is 280 g/mol. The van der Waals surface area contributed by atoms with E-state index in [1.54, 1.807) is 0 Å². The van der Waals surface area contributed by atoms with Crippen LogP contribution >= 0.6 is 0 Å². The van der Waals surface area contributed by atoms with Crippen molar-refractivity contribution in [2.45, 2.75) is 53.1 Å². The largest absolute Gasteiger partial charge is 0.391 e. The second kappa shape index (κ2) is 8.04. The van der Waals surface area contributed by atoms with Gasteiger partial charge < -0.3 is 15.7 Å². The van der Waals surface area contributed by atoms with E-state index in [4.69, 9.17) is 0 Å². The zero-order valence-corrected chi connectivity index (χ0v) is 13.3. The predicted octanol–water partition coefficient (Wildman–Crippen LogP) is 2.85. The number of aromatic nitrogens is 2. The highest BCUT2D eigenvalue weighted by molar-refractivity contribution is 5.47. The molecule has 0 aliphatic heterocycles. The molecule has 0 fully saturated rings. The van der Waals surface area contributed by atoms with Crippen molar-refractivity contribution in [2.75, 3.05) is 23.7 Å². The van der Waals surface area contributed by atoms with E-state index in [1.165, 1.54) is 0 Å². The van der Waals surface area contributed by atoms with Crippen LogP contribution in [0.5, 0.6) is 0 Å². The van der Waals surface area contributed by atoms with Crippen LogP contribution in [0.1, 0.15) is 52.8 Å². The minimum absolute atomic E-state index is 0.273. The van der Waals surface area contributed by atoms with Gasteiger partial charge in [0.1, 0.15) is 17.5 Å². The molecule has 3 N–H and O–H groups in total. The molecule has 0 saturated carbocycles. The fraction of sp³-hybridized carbons (Fsp3) is 0.733. The Hall–Kier alpha value is -1.36. The van der Waals surface area contributed by atoms with Crippen LogP contribution in [-0.4, -0.2) is 34.3 Å². The highest BCUT2D eigenvalue weighted by atomic mass is 16.3. The Balaban J connectivity index is 2.72. The number of aliphatic hydroxyl groups is 1. The molecule has 0 aliphatic carbocycles. The molecule has 0 saturated heterocycles. The molecule has 5 heteroatoms. The second-order valence-corrected chi connectivity index (χ2v) is 5.85. The van der Waals surface area contributed by atoms with Crippen molar-refractivity contribution in [3.05, 3.63) is 11.9 Å². The third kappa shape index (κ3) is 5.74. The summed E-state index contributed by atoms with van der Waals surface area (Å²) in [7, 11) is 0. The highest BCUT2D eigenvalue weighted by Crippen LogP contribution is 2.17. The Morgan fingerprint density at radius 3 is 2.20 bits per heavy atom. The van der Waals surface area contributed by atoms with Crippen LogP contribution in [-0.2, 0) is 0 Å². The average Bonchev–Trinajstić information content (AvgIpc) is 2.35. The summed E-state index contributed by atoms with van der Waals surface area (Å²) in [6, 6.07) is 1.89. The van der Waals surface area contributed by atoms with Gasteiger partial charge in [0.25, 0.3) is 0 Å². The van der Waals surface area contributed by atoms with Crippen LogP contribution in [0.4, 0.5) is 11.6 Å². The summed E-state index contributed by atoms with van der Waals surface area (Å²) in [4.78, 5) is 8.97. The van der Waals surface area contributed by atoms with E-state index in [-0.39, 0.29) is 12.0 Å². The summed E-state index contributed by atoms with van der Waals surface area (Å²) in [6.07, 6.45) is 0.435. The summed E-state index contributed by atoms with van der Waals surface area (Å²) in [5, 5.41) is 16.3. The molecule has 1 aromatic rings. The molecule has 1 aromatic heterocycles. The van der Waals surface area contributed by atoms with Gasteiger partial charge in [-0.05, 0) is 19.3 Å². The molecule has 20 heavy (non-hydrogen) atoms. The van der Waals surface area contributed by atoms with Gasteiger partial charge in [-0.25, -0.2) is 9.97 Å². The van der Waals surface area contributed by atoms with Crippen molar-refractivity contribution in [3.8, 4) is 0 Å². The lowest BCUT2D eigenvalue weighted by Crippen LogP contribution is -2.22. The maximum atomic E-state index is 9.91. The van der Waals surface area contributed by atoms with Crippen molar-refractivity contribution in [2.24, 2.45) is 5.92 Å². The number of hydrogen-bond acceptors (Lipinski definition) is 5. The summed E-state index contributed by atoms with van der Waals surface area (Å²) >= 11 is 0. The fourth-order valence-corrected chi connectivity index (χ4v) is 1.94. The summed E-state index contributed by atoms with van der Waals surface area (Å²) in [5.74, 6) is 3.16. The molecule has 0 aromatic carbocycles. The number of aliphatic hydroxyl groups excluding tert-OH is 1. The van der Waals surface area contributed by atoms with Gasteiger partial charge in [0.15, 0.2) is 0 Å². The first-order chi connectivity index (χ1) is 9.42. The van der Waals surface area contributed by atoms with E-state index in [1.807, 2.05) is 13.0 Å². The zero-order valence-electron chi connectivity index (χ0n) is 13.3. The van der Waals surface area contributed by atoms with Crippen molar-refractivity contribution < 1.29 is 5.11 Å². The average molecular weight is 280 g/mol. The lowest BCUT2D eigenvalue weighted by molar-refractivity contribution is 0.161. The summed E-state index contributed by atoms with van der Waals surface area (Å²) in [5.41, 5.74) is 0. The first kappa shape index (κ1) is 16.7. The topological polar surface area (TPSA) is 70.1 Å². The maximum Gasteiger partial charge on any atom is 0.135 e. The molecule has 0 bridgehead atoms. The third-order valence-electron chi connectivity index (χ3n) is 2.88. The first-order valence-electron chi connectivity index (χ1n) is 7.47. The van der Waals surface area contributed by atoms with Crippen molar-refractivity contribution in [1.29, 1.82) is 0 Å². The van der Waals surface area contributed by atoms with E-state index in [9.17, 15) is 5.11 Å². The van der Waals surface area contributed by atoms with Crippen molar-refractivity contribution in [3.63, 3.8) is 0 Å². The van der Waals surface area contributed by atoms with Gasteiger partial charge in [0.2, 0.25) is 0 Å². The minimum atomic E-state index is -0.352. The molecule has 1 heterocycles. The minimum Gasteiger partial charge on any atom is -0.391 e. The van der Waals surface area contributed by atoms with E-state index >= 15 is 0 Å². The molecule has 0 radical (unpaired) electrons. The Kier molecular flexibility index (Phi) is 6.71. The van der Waals surface area contributed by atoms with Gasteiger partial charge in [-0.2, -0.15) is 0 Å². The molecule has 0 amide bonds. The Bertz CT molecular complexity index is 407. The second-order valence-electron chi connectivity index (χ2n) is 5.85. The van der Waals surface area contributed by atoms with Crippen LogP contribution in [0.3, 0.4) is 0 Å². The SMILES string of the molecule is CCNc1cc(NCC(O)CC(C)C)nc(C(C)C)n1. The van der Waals surface area contributed by atoms with Crippen LogP contribution in [0.25, 0.3) is 0 Å². The number of nitrogens with zero attached hydrogens (tertiary/aromatic N) is 2. The molecule has 0 spiro atoms. The number of rotatable bonds is 8. The number of nitrogens with one attached hydrogen (secondary N) is 2. The molecule has 1 unspecified atom stereocenters. The van der Waals surface area contributed by atoms with Crippen LogP contribution < -0.4 is 10.6 Å². The maximum absolute atomic E-state index is 9.91. The van der Waals surface area contributed by atoms with Gasteiger partial charge in [-0.1, -0.05) is 27.7 Å². The number of hydrogen-bond donors (Lipinski definition) is 3. The molecule has 5 nitrogen and oxygen atoms in total. The van der Waals surface area contributed by atoms with Crippen molar-refractivity contribution >= 4 is 11.6 Å². The fourth-order valence-electron chi connectivity index (χ4n) is 1.94. The quantitative estimate of drug-likeness (QED) is 0.683. The lowest BCUT2D eigenvalue weighted by atomic mass is 10.1. The van der Waals surface area contributed by atoms with Gasteiger partial charge >= 0.3 is 0 Å². The van der Waals surface area contributed by atoms with Gasteiger partial charge in [0.05, 0.1) is 6.10 Å². The molecule has 1 atom stereocenters. The molecule has 114 valence electrons. The molecular weight excluding hydrogens is 252 g/mol. The summed E-state index contributed by atoms with van der Waals surface area (Å²) in [6.45, 7) is 11.7. The van der Waals surface area contributed by atoms with Gasteiger partial charge in [0, 0.05) is 25.1 Å². The van der Waals surface area contributed by atoms with Crippen molar-refractivity contribution in [1.82, 2.24) is 9.97 Å². The molecule has 1 rings (SSSR count). The Labute approximate surface area is 122 Å². The van der Waals surface area contributed by atoms with E-state index in [0.29, 0.717) is 12.5 Å². The molecule has 0 aliphatic rings. The van der Waals surface area contributed by atoms with Gasteiger partial charge in [-0.3, -0.25) is 0 Å². The predicted molar refractivity (Wildman–Crippen MR) is 84.2 cm³/mol. The standard InChI is InChI=1S/C15H28N4O/c1-6-16-13-8-14(19-15(18-13)11(4)5)17-9-12(20)7-10(2)3/h8,10-12,20H,6-7,9H2,1-5H3,(H2,16,17,18,19). The third-order valence-corrected chi connectivity index (χ3v) is 2.88. The molecular formula is C15H28N4O. The van der Waals surface area contributed by atoms with Crippen LogP contribution in [0.2, 0.25) is 0 Å². The zero-order chi connectivity index (χ0) is 15.1. The van der Waals surface area contributed by atoms with E-state index in [0.717, 1.165) is 30.4 Å². The van der Waals surface area contributed by atoms with E-state index < -0.39 is 0 Å². The first-order valence-corrected chi connectivity index (χ1v) is 7.47. The number of anilines is 2. The Morgan fingerprint density at radius 1 is 1.10 bits per heavy atom. The highest BCUT2D eigenvalue weighted by Gasteiger charge is 2.10. The van der Waals surface area contributed by atoms with Gasteiger partial charge in [-0.15, -0.1) is 0 Å². The van der Waals surface area contributed by atoms with Crippen LogP contribution in [0, 0.1) is 5.92 Å². The lowest BCUT2D eigenvalue weighted by Gasteiger charge is -2.16. The normalized spacial score (nSPS) is 12.8. The smallest absolute Gasteiger partial charge is 0.135 e. The van der Waals surface area contributed by atoms with Crippen LogP contribution in [0.15, 0.2) is 6.07 Å².